The first-order valence-corrected chi connectivity index (χ1v) is 12.3. The fourth-order valence-corrected chi connectivity index (χ4v) is 4.23. The van der Waals surface area contributed by atoms with E-state index in [1.807, 2.05) is 86.1 Å². The lowest BCUT2D eigenvalue weighted by atomic mass is 10.0. The van der Waals surface area contributed by atoms with Crippen molar-refractivity contribution >= 4 is 17.0 Å². The number of carbonyl (C=O) groups is 1. The van der Waals surface area contributed by atoms with Gasteiger partial charge in [0.15, 0.2) is 0 Å². The number of rotatable bonds is 8. The van der Waals surface area contributed by atoms with Crippen molar-refractivity contribution in [3.05, 3.63) is 102 Å². The molecule has 0 fully saturated rings. The van der Waals surface area contributed by atoms with Crippen molar-refractivity contribution < 1.29 is 23.8 Å². The van der Waals surface area contributed by atoms with Crippen LogP contribution in [-0.2, 0) is 11.3 Å². The zero-order valence-electron chi connectivity index (χ0n) is 21.6. The van der Waals surface area contributed by atoms with Gasteiger partial charge in [-0.2, -0.15) is 0 Å². The predicted molar refractivity (Wildman–Crippen MR) is 142 cm³/mol. The lowest BCUT2D eigenvalue weighted by molar-refractivity contribution is 0.0168. The summed E-state index contributed by atoms with van der Waals surface area (Å²) in [6, 6.07) is 23.3. The third-order valence-corrected chi connectivity index (χ3v) is 5.98. The van der Waals surface area contributed by atoms with Crippen LogP contribution in [0, 0.1) is 5.82 Å². The van der Waals surface area contributed by atoms with Gasteiger partial charge in [-0.05, 0) is 68.3 Å². The highest BCUT2D eigenvalue weighted by atomic mass is 19.1. The molecule has 0 saturated heterocycles. The zero-order chi connectivity index (χ0) is 26.6. The Kier molecular flexibility index (Phi) is 7.83. The number of fused-ring (bicyclic) bond motifs is 1. The first-order valence-electron chi connectivity index (χ1n) is 12.3. The minimum Gasteiger partial charge on any atom is -0.489 e. The first-order chi connectivity index (χ1) is 17.6. The topological polar surface area (TPSA) is 63.9 Å². The SMILES string of the molecule is CN(C[C@@H](O)[C@H](c1ccccc1)n1ccc2cc(OCc3ccc(F)cc3)ccc21)C(=O)OC(C)(C)C. The zero-order valence-corrected chi connectivity index (χ0v) is 21.6. The molecule has 0 saturated carbocycles. The molecule has 1 N–H and O–H groups in total. The second-order valence-corrected chi connectivity index (χ2v) is 10.1. The van der Waals surface area contributed by atoms with Crippen LogP contribution in [0.25, 0.3) is 10.9 Å². The van der Waals surface area contributed by atoms with E-state index >= 15 is 0 Å². The van der Waals surface area contributed by atoms with Crippen molar-refractivity contribution in [3.63, 3.8) is 0 Å². The summed E-state index contributed by atoms with van der Waals surface area (Å²) in [5.41, 5.74) is 2.09. The summed E-state index contributed by atoms with van der Waals surface area (Å²) in [5.74, 6) is 0.412. The molecule has 2 atom stereocenters. The van der Waals surface area contributed by atoms with E-state index in [9.17, 15) is 14.3 Å². The number of ether oxygens (including phenoxy) is 2. The molecule has 0 aliphatic rings. The summed E-state index contributed by atoms with van der Waals surface area (Å²) in [6.07, 6.45) is 0.548. The number of hydrogen-bond acceptors (Lipinski definition) is 4. The van der Waals surface area contributed by atoms with Gasteiger partial charge in [0.2, 0.25) is 0 Å². The van der Waals surface area contributed by atoms with Crippen molar-refractivity contribution in [2.75, 3.05) is 13.6 Å². The van der Waals surface area contributed by atoms with E-state index in [4.69, 9.17) is 9.47 Å². The van der Waals surface area contributed by atoms with Gasteiger partial charge in [-0.25, -0.2) is 9.18 Å². The highest BCUT2D eigenvalue weighted by Gasteiger charge is 2.28. The van der Waals surface area contributed by atoms with Gasteiger partial charge in [0.25, 0.3) is 0 Å². The Morgan fingerprint density at radius 1 is 1.03 bits per heavy atom. The van der Waals surface area contributed by atoms with E-state index in [2.05, 4.69) is 0 Å². The van der Waals surface area contributed by atoms with Gasteiger partial charge >= 0.3 is 6.09 Å². The largest absolute Gasteiger partial charge is 0.489 e. The van der Waals surface area contributed by atoms with Crippen LogP contribution >= 0.6 is 0 Å². The summed E-state index contributed by atoms with van der Waals surface area (Å²) in [5, 5.41) is 12.3. The molecule has 0 spiro atoms. The van der Waals surface area contributed by atoms with Crippen LogP contribution < -0.4 is 4.74 Å². The highest BCUT2D eigenvalue weighted by Crippen LogP contribution is 2.30. The Balaban J connectivity index is 1.57. The second kappa shape index (κ2) is 11.0. The van der Waals surface area contributed by atoms with Crippen molar-refractivity contribution in [2.24, 2.45) is 0 Å². The number of likely N-dealkylation sites (N-methyl/N-ethyl adjacent to an activating group) is 1. The van der Waals surface area contributed by atoms with Gasteiger partial charge in [-0.1, -0.05) is 42.5 Å². The van der Waals surface area contributed by atoms with Crippen LogP contribution in [0.3, 0.4) is 0 Å². The molecule has 6 nitrogen and oxygen atoms in total. The summed E-state index contributed by atoms with van der Waals surface area (Å²) in [6.45, 7) is 5.85. The Morgan fingerprint density at radius 2 is 1.73 bits per heavy atom. The van der Waals surface area contributed by atoms with Crippen LogP contribution in [0.4, 0.5) is 9.18 Å². The number of amides is 1. The fraction of sp³-hybridized carbons (Fsp3) is 0.300. The number of aromatic nitrogens is 1. The summed E-state index contributed by atoms with van der Waals surface area (Å²) >= 11 is 0. The van der Waals surface area contributed by atoms with E-state index in [0.717, 1.165) is 22.0 Å². The average molecular weight is 505 g/mol. The first kappa shape index (κ1) is 26.2. The standard InChI is InChI=1S/C30H33FN2O4/c1-30(2,3)37-29(35)32(4)19-27(34)28(22-8-6-5-7-9-22)33-17-16-23-18-25(14-15-26(23)33)36-20-21-10-12-24(31)13-11-21/h5-18,27-28,34H,19-20H2,1-4H3/t27-,28+/m1/s1. The molecule has 0 aliphatic heterocycles. The normalized spacial score (nSPS) is 13.2. The van der Waals surface area contributed by atoms with Gasteiger partial charge in [0.05, 0.1) is 18.7 Å². The Labute approximate surface area is 216 Å². The Bertz CT molecular complexity index is 1330. The van der Waals surface area contributed by atoms with Crippen LogP contribution in [-0.4, -0.2) is 46.0 Å². The van der Waals surface area contributed by atoms with Crippen molar-refractivity contribution in [3.8, 4) is 5.75 Å². The monoisotopic (exact) mass is 504 g/mol. The van der Waals surface area contributed by atoms with Crippen molar-refractivity contribution in [1.29, 1.82) is 0 Å². The molecule has 37 heavy (non-hydrogen) atoms. The summed E-state index contributed by atoms with van der Waals surface area (Å²) < 4.78 is 26.6. The highest BCUT2D eigenvalue weighted by molar-refractivity contribution is 5.82. The van der Waals surface area contributed by atoms with Crippen molar-refractivity contribution in [1.82, 2.24) is 9.47 Å². The molecule has 0 aliphatic carbocycles. The van der Waals surface area contributed by atoms with Gasteiger partial charge in [-0.15, -0.1) is 0 Å². The van der Waals surface area contributed by atoms with Crippen molar-refractivity contribution in [2.45, 2.75) is 45.1 Å². The number of aliphatic hydroxyl groups is 1. The summed E-state index contributed by atoms with van der Waals surface area (Å²) in [4.78, 5) is 13.9. The second-order valence-electron chi connectivity index (χ2n) is 10.1. The molecule has 0 radical (unpaired) electrons. The van der Waals surface area contributed by atoms with Gasteiger partial charge in [0, 0.05) is 24.1 Å². The van der Waals surface area contributed by atoms with Gasteiger partial charge < -0.3 is 24.0 Å². The van der Waals surface area contributed by atoms with Crippen LogP contribution in [0.15, 0.2) is 85.1 Å². The minimum atomic E-state index is -0.898. The van der Waals surface area contributed by atoms with E-state index in [1.165, 1.54) is 17.0 Å². The average Bonchev–Trinajstić information content (AvgIpc) is 3.26. The molecule has 1 heterocycles. The third-order valence-electron chi connectivity index (χ3n) is 5.98. The molecule has 0 bridgehead atoms. The van der Waals surface area contributed by atoms with Crippen LogP contribution in [0.1, 0.15) is 37.9 Å². The molecule has 4 rings (SSSR count). The Morgan fingerprint density at radius 3 is 2.41 bits per heavy atom. The van der Waals surface area contributed by atoms with E-state index < -0.39 is 23.8 Å². The number of aliphatic hydroxyl groups excluding tert-OH is 1. The number of carbonyl (C=O) groups excluding carboxylic acids is 1. The van der Waals surface area contributed by atoms with Gasteiger partial charge in [-0.3, -0.25) is 0 Å². The van der Waals surface area contributed by atoms with Crippen LogP contribution in [0.2, 0.25) is 0 Å². The molecular formula is C30H33FN2O4. The van der Waals surface area contributed by atoms with E-state index in [0.29, 0.717) is 12.4 Å². The lowest BCUT2D eigenvalue weighted by Crippen LogP contribution is -2.41. The Hall–Kier alpha value is -3.84. The quantitative estimate of drug-likeness (QED) is 0.311. The lowest BCUT2D eigenvalue weighted by Gasteiger charge is -2.30. The minimum absolute atomic E-state index is 0.0903. The predicted octanol–water partition coefficient (Wildman–Crippen LogP) is 6.18. The number of benzene rings is 3. The molecule has 1 aromatic heterocycles. The molecule has 1 amide bonds. The molecule has 4 aromatic rings. The maximum absolute atomic E-state index is 13.2. The van der Waals surface area contributed by atoms with E-state index in [-0.39, 0.29) is 12.4 Å². The smallest absolute Gasteiger partial charge is 0.410 e. The maximum atomic E-state index is 13.2. The number of halogens is 1. The number of nitrogens with zero attached hydrogens (tertiary/aromatic N) is 2. The fourth-order valence-electron chi connectivity index (χ4n) is 4.23. The van der Waals surface area contributed by atoms with Gasteiger partial charge in [0.1, 0.15) is 23.8 Å². The third kappa shape index (κ3) is 6.68. The van der Waals surface area contributed by atoms with Crippen LogP contribution in [0.5, 0.6) is 5.75 Å². The summed E-state index contributed by atoms with van der Waals surface area (Å²) in [7, 11) is 1.62. The molecular weight excluding hydrogens is 471 g/mol. The van der Waals surface area contributed by atoms with E-state index in [1.54, 1.807) is 19.2 Å². The molecule has 3 aromatic carbocycles. The molecule has 0 unspecified atom stereocenters. The molecule has 194 valence electrons. The maximum Gasteiger partial charge on any atom is 0.410 e. The molecule has 7 heteroatoms. The number of hydrogen-bond donors (Lipinski definition) is 1.